The Labute approximate surface area is 126 Å². The van der Waals surface area contributed by atoms with Crippen LogP contribution in [-0.2, 0) is 17.8 Å². The second-order valence-electron chi connectivity index (χ2n) is 5.46. The van der Waals surface area contributed by atoms with Crippen LogP contribution in [0.1, 0.15) is 28.9 Å². The van der Waals surface area contributed by atoms with Crippen molar-refractivity contribution in [2.24, 2.45) is 0 Å². The number of aromatic nitrogens is 2. The summed E-state index contributed by atoms with van der Waals surface area (Å²) in [5, 5.41) is 7.39. The Balaban J connectivity index is 1.72. The van der Waals surface area contributed by atoms with Crippen molar-refractivity contribution < 1.29 is 4.79 Å². The highest BCUT2D eigenvalue weighted by Gasteiger charge is 2.05. The topological polar surface area (TPSA) is 46.9 Å². The Hall–Kier alpha value is -2.10. The second kappa shape index (κ2) is 7.07. The normalized spacial score (nSPS) is 10.6. The molecule has 0 saturated carbocycles. The Kier molecular flexibility index (Phi) is 5.14. The second-order valence-corrected chi connectivity index (χ2v) is 5.46. The first-order chi connectivity index (χ1) is 10.1. The summed E-state index contributed by atoms with van der Waals surface area (Å²) in [5.74, 6) is 0.0812. The van der Waals surface area contributed by atoms with Gasteiger partial charge in [0.25, 0.3) is 0 Å². The van der Waals surface area contributed by atoms with Crippen molar-refractivity contribution in [2.75, 3.05) is 6.54 Å². The smallest absolute Gasteiger partial charge is 0.224 e. The van der Waals surface area contributed by atoms with Gasteiger partial charge in [-0.25, -0.2) is 0 Å². The molecule has 1 aromatic carbocycles. The van der Waals surface area contributed by atoms with Gasteiger partial charge in [0, 0.05) is 18.8 Å². The molecule has 1 aromatic heterocycles. The number of rotatable bonds is 6. The van der Waals surface area contributed by atoms with E-state index in [4.69, 9.17) is 0 Å². The molecule has 4 heteroatoms. The van der Waals surface area contributed by atoms with E-state index in [1.807, 2.05) is 42.8 Å². The molecule has 0 unspecified atom stereocenters. The van der Waals surface area contributed by atoms with Crippen molar-refractivity contribution in [1.29, 1.82) is 0 Å². The molecule has 0 spiro atoms. The first-order valence-electron chi connectivity index (χ1n) is 7.38. The van der Waals surface area contributed by atoms with Crippen molar-refractivity contribution >= 4 is 5.91 Å². The fraction of sp³-hybridized carbons (Fsp3) is 0.412. The summed E-state index contributed by atoms with van der Waals surface area (Å²) in [4.78, 5) is 11.9. The highest BCUT2D eigenvalue weighted by atomic mass is 16.1. The zero-order chi connectivity index (χ0) is 15.2. The lowest BCUT2D eigenvalue weighted by Gasteiger charge is -2.08. The first-order valence-corrected chi connectivity index (χ1v) is 7.38. The predicted molar refractivity (Wildman–Crippen MR) is 84.2 cm³/mol. The lowest BCUT2D eigenvalue weighted by molar-refractivity contribution is -0.120. The summed E-state index contributed by atoms with van der Waals surface area (Å²) < 4.78 is 1.99. The summed E-state index contributed by atoms with van der Waals surface area (Å²) in [6.07, 6.45) is 1.34. The van der Waals surface area contributed by atoms with Crippen LogP contribution in [0.3, 0.4) is 0 Å². The highest BCUT2D eigenvalue weighted by molar-refractivity contribution is 5.78. The molecule has 0 aliphatic rings. The molecule has 0 saturated heterocycles. The van der Waals surface area contributed by atoms with Crippen LogP contribution in [0.25, 0.3) is 0 Å². The van der Waals surface area contributed by atoms with Gasteiger partial charge < -0.3 is 5.32 Å². The average molecular weight is 285 g/mol. The minimum absolute atomic E-state index is 0.0812. The third-order valence-corrected chi connectivity index (χ3v) is 3.58. The number of carbonyl (C=O) groups is 1. The molecule has 0 radical (unpaired) electrons. The number of aryl methyl sites for hydroxylation is 4. The van der Waals surface area contributed by atoms with E-state index >= 15 is 0 Å². The van der Waals surface area contributed by atoms with Gasteiger partial charge >= 0.3 is 0 Å². The first kappa shape index (κ1) is 15.3. The molecule has 0 aliphatic carbocycles. The van der Waals surface area contributed by atoms with Gasteiger partial charge in [-0.05, 0) is 44.4 Å². The van der Waals surface area contributed by atoms with Crippen LogP contribution in [0.4, 0.5) is 0 Å². The van der Waals surface area contributed by atoms with Gasteiger partial charge in [0.1, 0.15) is 0 Å². The number of amides is 1. The lowest BCUT2D eigenvalue weighted by Crippen LogP contribution is -2.27. The summed E-state index contributed by atoms with van der Waals surface area (Å²) in [7, 11) is 0. The van der Waals surface area contributed by atoms with Gasteiger partial charge in [0.2, 0.25) is 5.91 Å². The Bertz CT molecular complexity index is 616. The highest BCUT2D eigenvalue weighted by Crippen LogP contribution is 2.07. The maximum Gasteiger partial charge on any atom is 0.224 e. The molecule has 21 heavy (non-hydrogen) atoms. The number of hydrogen-bond donors (Lipinski definition) is 1. The summed E-state index contributed by atoms with van der Waals surface area (Å²) in [6.45, 7) is 7.60. The number of carbonyl (C=O) groups excluding carboxylic acids is 1. The van der Waals surface area contributed by atoms with E-state index in [0.29, 0.717) is 13.0 Å². The van der Waals surface area contributed by atoms with E-state index in [1.54, 1.807) is 0 Å². The van der Waals surface area contributed by atoms with Gasteiger partial charge in [-0.2, -0.15) is 5.10 Å². The average Bonchev–Trinajstić information content (AvgIpc) is 2.76. The summed E-state index contributed by atoms with van der Waals surface area (Å²) in [6, 6.07) is 10.1. The zero-order valence-corrected chi connectivity index (χ0v) is 13.0. The molecule has 0 bridgehead atoms. The van der Waals surface area contributed by atoms with E-state index in [2.05, 4.69) is 23.4 Å². The number of nitrogens with zero attached hydrogens (tertiary/aromatic N) is 2. The van der Waals surface area contributed by atoms with Crippen molar-refractivity contribution in [3.05, 3.63) is 52.8 Å². The minimum atomic E-state index is 0.0812. The quantitative estimate of drug-likeness (QED) is 0.829. The van der Waals surface area contributed by atoms with Gasteiger partial charge in [-0.15, -0.1) is 0 Å². The van der Waals surface area contributed by atoms with E-state index in [0.717, 1.165) is 29.8 Å². The molecule has 4 nitrogen and oxygen atoms in total. The maximum absolute atomic E-state index is 11.9. The summed E-state index contributed by atoms with van der Waals surface area (Å²) in [5.41, 5.74) is 4.46. The molecule has 1 N–H and O–H groups in total. The molecule has 2 rings (SSSR count). The SMILES string of the molecule is Cc1cc(C)n(CCCNC(=O)Cc2ccccc2C)n1. The third kappa shape index (κ3) is 4.45. The number of hydrogen-bond acceptors (Lipinski definition) is 2. The molecule has 0 fully saturated rings. The lowest BCUT2D eigenvalue weighted by atomic mass is 10.1. The minimum Gasteiger partial charge on any atom is -0.356 e. The Morgan fingerprint density at radius 2 is 2.00 bits per heavy atom. The Morgan fingerprint density at radius 1 is 1.24 bits per heavy atom. The van der Waals surface area contributed by atoms with Crippen molar-refractivity contribution in [3.8, 4) is 0 Å². The zero-order valence-electron chi connectivity index (χ0n) is 13.0. The molecule has 0 aliphatic heterocycles. The van der Waals surface area contributed by atoms with Gasteiger partial charge in [-0.1, -0.05) is 24.3 Å². The van der Waals surface area contributed by atoms with Crippen LogP contribution in [0.15, 0.2) is 30.3 Å². The van der Waals surface area contributed by atoms with Gasteiger partial charge in [0.05, 0.1) is 12.1 Å². The van der Waals surface area contributed by atoms with Crippen LogP contribution in [0.5, 0.6) is 0 Å². The van der Waals surface area contributed by atoms with Crippen LogP contribution in [0.2, 0.25) is 0 Å². The molecule has 112 valence electrons. The molecule has 2 aromatic rings. The summed E-state index contributed by atoms with van der Waals surface area (Å²) >= 11 is 0. The molecular formula is C17H23N3O. The van der Waals surface area contributed by atoms with Crippen LogP contribution >= 0.6 is 0 Å². The molecule has 1 amide bonds. The number of benzene rings is 1. The van der Waals surface area contributed by atoms with Gasteiger partial charge in [0.15, 0.2) is 0 Å². The van der Waals surface area contributed by atoms with Crippen molar-refractivity contribution in [3.63, 3.8) is 0 Å². The molecule has 0 atom stereocenters. The van der Waals surface area contributed by atoms with E-state index in [-0.39, 0.29) is 5.91 Å². The fourth-order valence-electron chi connectivity index (χ4n) is 2.40. The largest absolute Gasteiger partial charge is 0.356 e. The van der Waals surface area contributed by atoms with E-state index in [9.17, 15) is 4.79 Å². The van der Waals surface area contributed by atoms with Crippen molar-refractivity contribution in [1.82, 2.24) is 15.1 Å². The van der Waals surface area contributed by atoms with E-state index < -0.39 is 0 Å². The van der Waals surface area contributed by atoms with Crippen LogP contribution < -0.4 is 5.32 Å². The maximum atomic E-state index is 11.9. The Morgan fingerprint density at radius 3 is 2.67 bits per heavy atom. The monoisotopic (exact) mass is 285 g/mol. The number of nitrogens with one attached hydrogen (secondary N) is 1. The fourth-order valence-corrected chi connectivity index (χ4v) is 2.40. The van der Waals surface area contributed by atoms with Gasteiger partial charge in [-0.3, -0.25) is 9.48 Å². The third-order valence-electron chi connectivity index (χ3n) is 3.58. The standard InChI is InChI=1S/C17H23N3O/c1-13-7-4-5-8-16(13)12-17(21)18-9-6-10-20-15(3)11-14(2)19-20/h4-5,7-8,11H,6,9-10,12H2,1-3H3,(H,18,21). The molecule has 1 heterocycles. The van der Waals surface area contributed by atoms with Crippen molar-refractivity contribution in [2.45, 2.75) is 40.2 Å². The molecular weight excluding hydrogens is 262 g/mol. The van der Waals surface area contributed by atoms with Crippen LogP contribution in [0, 0.1) is 20.8 Å². The van der Waals surface area contributed by atoms with Crippen LogP contribution in [-0.4, -0.2) is 22.2 Å². The van der Waals surface area contributed by atoms with E-state index in [1.165, 1.54) is 5.69 Å². The predicted octanol–water partition coefficient (Wildman–Crippen LogP) is 2.56.